The number of anilines is 2. The van der Waals surface area contributed by atoms with Gasteiger partial charge in [0.25, 0.3) is 0 Å². The van der Waals surface area contributed by atoms with Crippen LogP contribution in [-0.2, 0) is 6.54 Å². The molecule has 0 atom stereocenters. The van der Waals surface area contributed by atoms with E-state index in [1.165, 1.54) is 5.56 Å². The van der Waals surface area contributed by atoms with E-state index < -0.39 is 0 Å². The molecule has 0 bridgehead atoms. The molecule has 4 rings (SSSR count). The SMILES string of the molecule is CNc1ccc(-c2ncc(-c3ccc(NC(=O)NCc4ccccc4)cc3SNC(C)(C)C)s2)c(C)c1. The lowest BCUT2D eigenvalue weighted by atomic mass is 10.1. The van der Waals surface area contributed by atoms with Crippen molar-refractivity contribution in [3.05, 3.63) is 84.1 Å². The summed E-state index contributed by atoms with van der Waals surface area (Å²) in [6, 6.07) is 21.9. The zero-order valence-electron chi connectivity index (χ0n) is 21.8. The molecule has 0 spiro atoms. The zero-order valence-corrected chi connectivity index (χ0v) is 23.4. The monoisotopic (exact) mass is 531 g/mol. The van der Waals surface area contributed by atoms with Gasteiger partial charge in [0, 0.05) is 52.7 Å². The van der Waals surface area contributed by atoms with Crippen LogP contribution in [0.25, 0.3) is 21.0 Å². The molecule has 1 aromatic heterocycles. The maximum absolute atomic E-state index is 12.5. The van der Waals surface area contributed by atoms with Crippen molar-refractivity contribution < 1.29 is 4.79 Å². The maximum Gasteiger partial charge on any atom is 0.319 e. The summed E-state index contributed by atoms with van der Waals surface area (Å²) in [6.07, 6.45) is 1.93. The highest BCUT2D eigenvalue weighted by Gasteiger charge is 2.16. The number of benzene rings is 3. The van der Waals surface area contributed by atoms with Crippen molar-refractivity contribution in [1.29, 1.82) is 0 Å². The van der Waals surface area contributed by atoms with Crippen LogP contribution < -0.4 is 20.7 Å². The number of carbonyl (C=O) groups excluding carboxylic acids is 1. The van der Waals surface area contributed by atoms with Crippen molar-refractivity contribution in [2.45, 2.75) is 44.7 Å². The van der Waals surface area contributed by atoms with Gasteiger partial charge in [-0.05, 0) is 81.1 Å². The number of hydrogen-bond donors (Lipinski definition) is 4. The van der Waals surface area contributed by atoms with Gasteiger partial charge in [0.05, 0.1) is 4.88 Å². The highest BCUT2D eigenvalue weighted by atomic mass is 32.2. The van der Waals surface area contributed by atoms with E-state index in [1.54, 1.807) is 23.3 Å². The molecule has 6 nitrogen and oxygen atoms in total. The summed E-state index contributed by atoms with van der Waals surface area (Å²) in [5.41, 5.74) is 6.17. The predicted octanol–water partition coefficient (Wildman–Crippen LogP) is 7.54. The molecule has 0 saturated heterocycles. The number of aromatic nitrogens is 1. The van der Waals surface area contributed by atoms with Gasteiger partial charge in [0.2, 0.25) is 0 Å². The smallest absolute Gasteiger partial charge is 0.319 e. The van der Waals surface area contributed by atoms with Gasteiger partial charge in [-0.2, -0.15) is 0 Å². The summed E-state index contributed by atoms with van der Waals surface area (Å²) < 4.78 is 3.50. The summed E-state index contributed by atoms with van der Waals surface area (Å²) in [4.78, 5) is 19.4. The van der Waals surface area contributed by atoms with Gasteiger partial charge >= 0.3 is 6.03 Å². The van der Waals surface area contributed by atoms with E-state index in [4.69, 9.17) is 4.98 Å². The third-order valence-electron chi connectivity index (χ3n) is 5.52. The Morgan fingerprint density at radius 1 is 0.973 bits per heavy atom. The Morgan fingerprint density at radius 2 is 1.70 bits per heavy atom. The van der Waals surface area contributed by atoms with E-state index in [9.17, 15) is 4.79 Å². The van der Waals surface area contributed by atoms with Gasteiger partial charge in [-0.25, -0.2) is 9.78 Å². The summed E-state index contributed by atoms with van der Waals surface area (Å²) in [6.45, 7) is 8.95. The second-order valence-corrected chi connectivity index (χ2v) is 11.6. The molecular formula is C29H33N5OS2. The molecule has 0 aliphatic carbocycles. The lowest BCUT2D eigenvalue weighted by Crippen LogP contribution is -2.30. The first-order valence-electron chi connectivity index (χ1n) is 12.1. The lowest BCUT2D eigenvalue weighted by Gasteiger charge is -2.21. The fourth-order valence-electron chi connectivity index (χ4n) is 3.63. The number of carbonyl (C=O) groups is 1. The number of nitrogens with zero attached hydrogens (tertiary/aromatic N) is 1. The second kappa shape index (κ2) is 11.8. The Kier molecular flexibility index (Phi) is 8.53. The Morgan fingerprint density at radius 3 is 2.41 bits per heavy atom. The van der Waals surface area contributed by atoms with Gasteiger partial charge in [0.1, 0.15) is 5.01 Å². The Hall–Kier alpha value is -3.33. The van der Waals surface area contributed by atoms with E-state index in [2.05, 4.69) is 66.6 Å². The van der Waals surface area contributed by atoms with Gasteiger partial charge in [-0.1, -0.05) is 36.4 Å². The molecule has 4 aromatic rings. The van der Waals surface area contributed by atoms with Crippen molar-refractivity contribution in [1.82, 2.24) is 15.0 Å². The van der Waals surface area contributed by atoms with Gasteiger partial charge in [-0.3, -0.25) is 4.72 Å². The molecule has 0 radical (unpaired) electrons. The zero-order chi connectivity index (χ0) is 26.4. The number of nitrogens with one attached hydrogen (secondary N) is 4. The molecule has 37 heavy (non-hydrogen) atoms. The molecule has 2 amide bonds. The molecule has 3 aromatic carbocycles. The van der Waals surface area contributed by atoms with Gasteiger partial charge in [-0.15, -0.1) is 11.3 Å². The van der Waals surface area contributed by atoms with E-state index in [0.29, 0.717) is 6.54 Å². The fourth-order valence-corrected chi connectivity index (χ4v) is 5.63. The maximum atomic E-state index is 12.5. The molecular weight excluding hydrogens is 498 g/mol. The normalized spacial score (nSPS) is 11.3. The first kappa shape index (κ1) is 26.7. The summed E-state index contributed by atoms with van der Waals surface area (Å²) in [7, 11) is 1.92. The molecule has 0 aliphatic heterocycles. The fraction of sp³-hybridized carbons (Fsp3) is 0.241. The van der Waals surface area contributed by atoms with Crippen LogP contribution in [-0.4, -0.2) is 23.6 Å². The van der Waals surface area contributed by atoms with E-state index >= 15 is 0 Å². The number of rotatable bonds is 8. The number of urea groups is 1. The minimum absolute atomic E-state index is 0.0799. The molecule has 1 heterocycles. The molecule has 0 fully saturated rings. The Balaban J connectivity index is 1.56. The van der Waals surface area contributed by atoms with Crippen LogP contribution in [0.3, 0.4) is 0 Å². The van der Waals surface area contributed by atoms with Crippen LogP contribution in [0.2, 0.25) is 0 Å². The average Bonchev–Trinajstić information content (AvgIpc) is 3.36. The van der Waals surface area contributed by atoms with Crippen LogP contribution in [0.1, 0.15) is 31.9 Å². The minimum atomic E-state index is -0.239. The first-order valence-corrected chi connectivity index (χ1v) is 13.8. The molecule has 192 valence electrons. The topological polar surface area (TPSA) is 78.1 Å². The average molecular weight is 532 g/mol. The van der Waals surface area contributed by atoms with Gasteiger partial charge < -0.3 is 16.0 Å². The predicted molar refractivity (Wildman–Crippen MR) is 158 cm³/mol. The third-order valence-corrected chi connectivity index (χ3v) is 7.86. The van der Waals surface area contributed by atoms with Gasteiger partial charge in [0.15, 0.2) is 0 Å². The second-order valence-electron chi connectivity index (χ2n) is 9.77. The summed E-state index contributed by atoms with van der Waals surface area (Å²) in [5, 5.41) is 10.1. The van der Waals surface area contributed by atoms with E-state index in [-0.39, 0.29) is 11.6 Å². The quantitative estimate of drug-likeness (QED) is 0.177. The van der Waals surface area contributed by atoms with E-state index in [0.717, 1.165) is 42.8 Å². The Bertz CT molecular complexity index is 1360. The van der Waals surface area contributed by atoms with Crippen molar-refractivity contribution in [2.75, 3.05) is 17.7 Å². The van der Waals surface area contributed by atoms with Crippen LogP contribution in [0.15, 0.2) is 77.8 Å². The van der Waals surface area contributed by atoms with Crippen molar-refractivity contribution in [2.24, 2.45) is 0 Å². The molecule has 4 N–H and O–H groups in total. The minimum Gasteiger partial charge on any atom is -0.388 e. The Labute approximate surface area is 227 Å². The van der Waals surface area contributed by atoms with Crippen molar-refractivity contribution in [3.63, 3.8) is 0 Å². The summed E-state index contributed by atoms with van der Waals surface area (Å²) in [5.74, 6) is 0. The third kappa shape index (κ3) is 7.35. The summed E-state index contributed by atoms with van der Waals surface area (Å²) >= 11 is 3.23. The van der Waals surface area contributed by atoms with Crippen LogP contribution in [0, 0.1) is 6.92 Å². The highest BCUT2D eigenvalue weighted by molar-refractivity contribution is 7.97. The number of hydrogen-bond acceptors (Lipinski definition) is 6. The first-order chi connectivity index (χ1) is 17.7. The van der Waals surface area contributed by atoms with E-state index in [1.807, 2.05) is 61.8 Å². The van der Waals surface area contributed by atoms with Crippen LogP contribution >= 0.6 is 23.3 Å². The number of amides is 2. The molecule has 0 unspecified atom stereocenters. The standard InChI is InChI=1S/C29H33N5OS2/c1-19-15-21(30-5)11-13-23(19)27-31-18-26(36-27)24-14-12-22(16-25(24)37-34-29(2,3)4)33-28(35)32-17-20-9-7-6-8-10-20/h6-16,18,30,34H,17H2,1-5H3,(H2,32,33,35). The molecule has 0 saturated carbocycles. The highest BCUT2D eigenvalue weighted by Crippen LogP contribution is 2.39. The lowest BCUT2D eigenvalue weighted by molar-refractivity contribution is 0.251. The molecule has 8 heteroatoms. The largest absolute Gasteiger partial charge is 0.388 e. The van der Waals surface area contributed by atoms with Crippen LogP contribution in [0.5, 0.6) is 0 Å². The van der Waals surface area contributed by atoms with Crippen LogP contribution in [0.4, 0.5) is 16.2 Å². The van der Waals surface area contributed by atoms with Crippen molar-refractivity contribution >= 4 is 40.7 Å². The number of thiazole rings is 1. The number of aryl methyl sites for hydroxylation is 1. The van der Waals surface area contributed by atoms with Crippen molar-refractivity contribution in [3.8, 4) is 21.0 Å². The molecule has 0 aliphatic rings.